The molecule has 1 aromatic carbocycles. The number of pyridine rings is 1. The van der Waals surface area contributed by atoms with Gasteiger partial charge >= 0.3 is 0 Å². The molecule has 7 heteroatoms. The van der Waals surface area contributed by atoms with Crippen LogP contribution in [-0.4, -0.2) is 22.5 Å². The van der Waals surface area contributed by atoms with Crippen molar-refractivity contribution in [3.8, 4) is 5.75 Å². The number of thiocarbonyl (C=S) groups is 1. The number of amides is 1. The molecule has 3 N–H and O–H groups in total. The van der Waals surface area contributed by atoms with Crippen LogP contribution in [0.3, 0.4) is 0 Å². The molecule has 21 heavy (non-hydrogen) atoms. The number of carbonyl (C=O) groups is 1. The molecular formula is C14H12BrN3O2S. The molecule has 0 radical (unpaired) electrons. The Hall–Kier alpha value is -1.99. The van der Waals surface area contributed by atoms with Crippen LogP contribution in [0.25, 0.3) is 0 Å². The van der Waals surface area contributed by atoms with Gasteiger partial charge in [0.15, 0.2) is 0 Å². The largest absolute Gasteiger partial charge is 0.487 e. The molecule has 0 saturated heterocycles. The van der Waals surface area contributed by atoms with Crippen molar-refractivity contribution in [2.24, 2.45) is 5.73 Å². The molecule has 1 aromatic heterocycles. The van der Waals surface area contributed by atoms with Crippen molar-refractivity contribution in [1.82, 2.24) is 4.98 Å². The van der Waals surface area contributed by atoms with Crippen LogP contribution in [0.15, 0.2) is 47.1 Å². The number of nitrogens with one attached hydrogen (secondary N) is 1. The van der Waals surface area contributed by atoms with E-state index in [-0.39, 0.29) is 17.5 Å². The van der Waals surface area contributed by atoms with Crippen LogP contribution >= 0.6 is 28.1 Å². The molecular weight excluding hydrogens is 354 g/mol. The van der Waals surface area contributed by atoms with Gasteiger partial charge in [0.05, 0.1) is 0 Å². The van der Waals surface area contributed by atoms with E-state index in [9.17, 15) is 4.79 Å². The molecule has 0 atom stereocenters. The minimum absolute atomic E-state index is 0.182. The van der Waals surface area contributed by atoms with E-state index < -0.39 is 0 Å². The molecule has 0 aliphatic rings. The third kappa shape index (κ3) is 4.51. The number of aromatic nitrogens is 1. The Morgan fingerprint density at radius 3 is 2.67 bits per heavy atom. The Morgan fingerprint density at radius 2 is 2.05 bits per heavy atom. The fourth-order valence-corrected chi connectivity index (χ4v) is 2.03. The summed E-state index contributed by atoms with van der Waals surface area (Å²) in [6.45, 7) is 0.182. The number of anilines is 1. The lowest BCUT2D eigenvalue weighted by Crippen LogP contribution is -2.17. The first-order valence-electron chi connectivity index (χ1n) is 5.99. The first kappa shape index (κ1) is 15.4. The summed E-state index contributed by atoms with van der Waals surface area (Å²) in [5, 5.41) is 2.75. The van der Waals surface area contributed by atoms with Gasteiger partial charge in [0, 0.05) is 16.4 Å². The monoisotopic (exact) mass is 365 g/mol. The number of nitrogens with zero attached hydrogens (tertiary/aromatic N) is 1. The van der Waals surface area contributed by atoms with Crippen molar-refractivity contribution in [3.63, 3.8) is 0 Å². The average Bonchev–Trinajstić information content (AvgIpc) is 2.47. The van der Waals surface area contributed by atoms with Gasteiger partial charge in [-0.05, 0) is 52.3 Å². The van der Waals surface area contributed by atoms with Crippen molar-refractivity contribution >= 4 is 44.7 Å². The number of carbonyl (C=O) groups excluding carboxylic acids is 1. The fraction of sp³-hybridized carbons (Fsp3) is 0.0714. The summed E-state index contributed by atoms with van der Waals surface area (Å²) in [4.78, 5) is 16.4. The highest BCUT2D eigenvalue weighted by molar-refractivity contribution is 9.10. The molecule has 0 aliphatic carbocycles. The number of nitrogens with two attached hydrogens (primary N) is 1. The first-order valence-corrected chi connectivity index (χ1v) is 7.19. The van der Waals surface area contributed by atoms with Crippen LogP contribution in [0, 0.1) is 0 Å². The van der Waals surface area contributed by atoms with E-state index in [0.717, 1.165) is 0 Å². The topological polar surface area (TPSA) is 77.2 Å². The molecule has 1 heterocycles. The van der Waals surface area contributed by atoms with Crippen molar-refractivity contribution in [3.05, 3.63) is 52.8 Å². The maximum absolute atomic E-state index is 12.1. The third-order valence-electron chi connectivity index (χ3n) is 2.47. The zero-order valence-corrected chi connectivity index (χ0v) is 13.3. The lowest BCUT2D eigenvalue weighted by atomic mass is 10.3. The van der Waals surface area contributed by atoms with Crippen LogP contribution in [0.4, 0.5) is 5.69 Å². The van der Waals surface area contributed by atoms with E-state index in [1.54, 1.807) is 42.6 Å². The molecule has 0 saturated carbocycles. The minimum Gasteiger partial charge on any atom is -0.487 e. The summed E-state index contributed by atoms with van der Waals surface area (Å²) in [6, 6.07) is 10.4. The van der Waals surface area contributed by atoms with E-state index in [1.165, 1.54) is 0 Å². The molecule has 108 valence electrons. The van der Waals surface area contributed by atoms with Gasteiger partial charge in [-0.3, -0.25) is 4.79 Å². The second kappa shape index (κ2) is 7.14. The summed E-state index contributed by atoms with van der Waals surface area (Å²) in [7, 11) is 0. The van der Waals surface area contributed by atoms with Crippen molar-refractivity contribution in [1.29, 1.82) is 0 Å². The van der Waals surface area contributed by atoms with E-state index in [4.69, 9.17) is 22.7 Å². The zero-order valence-electron chi connectivity index (χ0n) is 10.9. The number of rotatable bonds is 5. The van der Waals surface area contributed by atoms with Crippen LogP contribution in [0.5, 0.6) is 5.75 Å². The number of hydrogen-bond acceptors (Lipinski definition) is 4. The van der Waals surface area contributed by atoms with Gasteiger partial charge in [-0.15, -0.1) is 0 Å². The Bertz CT molecular complexity index is 662. The minimum atomic E-state index is -0.292. The van der Waals surface area contributed by atoms with E-state index >= 15 is 0 Å². The van der Waals surface area contributed by atoms with Crippen LogP contribution in [-0.2, 0) is 0 Å². The first-order chi connectivity index (χ1) is 10.1. The molecule has 2 aromatic rings. The molecule has 0 aliphatic heterocycles. The van der Waals surface area contributed by atoms with E-state index in [2.05, 4.69) is 26.2 Å². The highest BCUT2D eigenvalue weighted by Crippen LogP contribution is 2.18. The van der Waals surface area contributed by atoms with Crippen molar-refractivity contribution in [2.45, 2.75) is 0 Å². The lowest BCUT2D eigenvalue weighted by Gasteiger charge is -2.08. The number of hydrogen-bond donors (Lipinski definition) is 2. The highest BCUT2D eigenvalue weighted by Gasteiger charge is 2.11. The second-order valence-corrected chi connectivity index (χ2v) is 5.45. The number of halogens is 1. The number of ether oxygens (including phenoxy) is 1. The highest BCUT2D eigenvalue weighted by atomic mass is 79.9. The summed E-state index contributed by atoms with van der Waals surface area (Å²) in [6.07, 6.45) is 1.56. The molecule has 2 rings (SSSR count). The van der Waals surface area contributed by atoms with Crippen LogP contribution in [0.2, 0.25) is 0 Å². The van der Waals surface area contributed by atoms with Gasteiger partial charge in [-0.2, -0.15) is 0 Å². The molecule has 0 spiro atoms. The molecule has 0 bridgehead atoms. The molecule has 5 nitrogen and oxygen atoms in total. The van der Waals surface area contributed by atoms with E-state index in [1.807, 2.05) is 0 Å². The normalized spacial score (nSPS) is 9.95. The molecule has 1 amide bonds. The maximum Gasteiger partial charge on any atom is 0.275 e. The Kier molecular flexibility index (Phi) is 5.24. The smallest absolute Gasteiger partial charge is 0.275 e. The van der Waals surface area contributed by atoms with Gasteiger partial charge in [-0.1, -0.05) is 12.2 Å². The fourth-order valence-electron chi connectivity index (χ4n) is 1.53. The van der Waals surface area contributed by atoms with Crippen LogP contribution in [0.1, 0.15) is 10.5 Å². The zero-order chi connectivity index (χ0) is 15.2. The van der Waals surface area contributed by atoms with Crippen molar-refractivity contribution < 1.29 is 9.53 Å². The summed E-state index contributed by atoms with van der Waals surface area (Å²) in [5.41, 5.74) is 6.32. The quantitative estimate of drug-likeness (QED) is 0.796. The second-order valence-electron chi connectivity index (χ2n) is 4.07. The average molecular weight is 366 g/mol. The summed E-state index contributed by atoms with van der Waals surface area (Å²) >= 11 is 8.02. The van der Waals surface area contributed by atoms with Crippen molar-refractivity contribution in [2.75, 3.05) is 11.9 Å². The van der Waals surface area contributed by atoms with Gasteiger partial charge in [-0.25, -0.2) is 4.98 Å². The Morgan fingerprint density at radius 1 is 1.33 bits per heavy atom. The van der Waals surface area contributed by atoms with Crippen LogP contribution < -0.4 is 15.8 Å². The molecule has 0 fully saturated rings. The third-order valence-corrected chi connectivity index (χ3v) is 3.22. The van der Waals surface area contributed by atoms with Gasteiger partial charge in [0.2, 0.25) is 0 Å². The SMILES string of the molecule is NC(=S)COc1ccc(NC(=O)c2ncccc2Br)cc1. The van der Waals surface area contributed by atoms with Gasteiger partial charge < -0.3 is 15.8 Å². The van der Waals surface area contributed by atoms with E-state index in [0.29, 0.717) is 21.6 Å². The Labute approximate surface area is 135 Å². The standard InChI is InChI=1S/C14H12BrN3O2S/c15-11-2-1-7-17-13(11)14(19)18-9-3-5-10(6-4-9)20-8-12(16)21/h1-7H,8H2,(H2,16,21)(H,18,19). The lowest BCUT2D eigenvalue weighted by molar-refractivity contribution is 0.102. The van der Waals surface area contributed by atoms with Gasteiger partial charge in [0.1, 0.15) is 23.0 Å². The molecule has 0 unspecified atom stereocenters. The van der Waals surface area contributed by atoms with Gasteiger partial charge in [0.25, 0.3) is 5.91 Å². The predicted octanol–water partition coefficient (Wildman–Crippen LogP) is 2.76. The summed E-state index contributed by atoms with van der Waals surface area (Å²) < 4.78 is 5.97. The Balaban J connectivity index is 2.02. The summed E-state index contributed by atoms with van der Waals surface area (Å²) in [5.74, 6) is 0.332. The predicted molar refractivity (Wildman–Crippen MR) is 88.6 cm³/mol. The maximum atomic E-state index is 12.1. The number of benzene rings is 1.